The summed E-state index contributed by atoms with van der Waals surface area (Å²) in [5.74, 6) is -0.422. The molecule has 2 atom stereocenters. The molecule has 2 unspecified atom stereocenters. The highest BCUT2D eigenvalue weighted by Crippen LogP contribution is 2.08. The predicted octanol–water partition coefficient (Wildman–Crippen LogP) is 4.08. The zero-order chi connectivity index (χ0) is 18.8. The van der Waals surface area contributed by atoms with Crippen LogP contribution in [0.3, 0.4) is 0 Å². The largest absolute Gasteiger partial charge is 0.394 e. The smallest absolute Gasteiger partial charge is 0.164 e. The highest BCUT2D eigenvalue weighted by atomic mass is 16.4. The molecule has 0 spiro atoms. The Morgan fingerprint density at radius 1 is 0.800 bits per heavy atom. The summed E-state index contributed by atoms with van der Waals surface area (Å²) in [7, 11) is 0. The Labute approximate surface area is 153 Å². The van der Waals surface area contributed by atoms with Crippen LogP contribution >= 0.6 is 0 Å². The van der Waals surface area contributed by atoms with E-state index in [-0.39, 0.29) is 6.42 Å². The van der Waals surface area contributed by atoms with Gasteiger partial charge in [-0.15, -0.1) is 0 Å². The van der Waals surface area contributed by atoms with Gasteiger partial charge in [-0.3, -0.25) is 4.79 Å². The van der Waals surface area contributed by atoms with Crippen LogP contribution in [0.4, 0.5) is 0 Å². The number of aliphatic hydroxyl groups is 3. The molecule has 25 heavy (non-hydrogen) atoms. The molecule has 0 aromatic carbocycles. The molecule has 0 aliphatic rings. The second-order valence-corrected chi connectivity index (χ2v) is 6.63. The van der Waals surface area contributed by atoms with E-state index < -0.39 is 24.6 Å². The molecular weight excluding hydrogens is 316 g/mol. The lowest BCUT2D eigenvalue weighted by Crippen LogP contribution is -2.36. The predicted molar refractivity (Wildman–Crippen MR) is 103 cm³/mol. The van der Waals surface area contributed by atoms with Crippen molar-refractivity contribution in [1.29, 1.82) is 0 Å². The molecular formula is C21H38O4. The third kappa shape index (κ3) is 15.0. The first-order valence-corrected chi connectivity index (χ1v) is 9.93. The standard InChI is InChI=1S/C21H38O4/c1-2-3-4-5-6-7-8-9-10-11-12-13-14-15-16-17-19(23)21(25)20(24)18-22/h6-7,14-15,20-22,24-25H,2-5,8-13,16-18H2,1H3/b7-6+,15-14+. The average molecular weight is 355 g/mol. The second kappa shape index (κ2) is 17.8. The summed E-state index contributed by atoms with van der Waals surface area (Å²) in [5, 5.41) is 27.3. The molecule has 0 bridgehead atoms. The maximum Gasteiger partial charge on any atom is 0.164 e. The van der Waals surface area contributed by atoms with Gasteiger partial charge in [0.15, 0.2) is 5.78 Å². The molecule has 0 saturated heterocycles. The fourth-order valence-corrected chi connectivity index (χ4v) is 2.55. The summed E-state index contributed by atoms with van der Waals surface area (Å²) < 4.78 is 0. The van der Waals surface area contributed by atoms with Crippen LogP contribution in [0.15, 0.2) is 24.3 Å². The lowest BCUT2D eigenvalue weighted by molar-refractivity contribution is -0.134. The minimum atomic E-state index is -1.47. The molecule has 0 rings (SSSR count). The molecule has 4 nitrogen and oxygen atoms in total. The number of carbonyl (C=O) groups excluding carboxylic acids is 1. The fourth-order valence-electron chi connectivity index (χ4n) is 2.55. The van der Waals surface area contributed by atoms with E-state index in [4.69, 9.17) is 5.11 Å². The van der Waals surface area contributed by atoms with Crippen molar-refractivity contribution in [2.75, 3.05) is 6.61 Å². The van der Waals surface area contributed by atoms with Crippen LogP contribution in [0, 0.1) is 0 Å². The molecule has 146 valence electrons. The van der Waals surface area contributed by atoms with Gasteiger partial charge in [-0.25, -0.2) is 0 Å². The molecule has 0 amide bonds. The van der Waals surface area contributed by atoms with Gasteiger partial charge >= 0.3 is 0 Å². The quantitative estimate of drug-likeness (QED) is 0.272. The first-order chi connectivity index (χ1) is 12.1. The molecule has 0 aromatic rings. The minimum absolute atomic E-state index is 0.194. The van der Waals surface area contributed by atoms with Gasteiger partial charge in [0.2, 0.25) is 0 Å². The molecule has 4 heteroatoms. The van der Waals surface area contributed by atoms with Crippen molar-refractivity contribution in [3.8, 4) is 0 Å². The summed E-state index contributed by atoms with van der Waals surface area (Å²) >= 11 is 0. The number of unbranched alkanes of at least 4 members (excludes halogenated alkanes) is 8. The first-order valence-electron chi connectivity index (χ1n) is 9.93. The number of hydrogen-bond acceptors (Lipinski definition) is 4. The second-order valence-electron chi connectivity index (χ2n) is 6.63. The topological polar surface area (TPSA) is 77.8 Å². The Morgan fingerprint density at radius 3 is 1.76 bits per heavy atom. The van der Waals surface area contributed by atoms with Crippen LogP contribution in [0.1, 0.15) is 84.0 Å². The van der Waals surface area contributed by atoms with Crippen LogP contribution < -0.4 is 0 Å². The van der Waals surface area contributed by atoms with E-state index in [1.165, 1.54) is 51.4 Å². The van der Waals surface area contributed by atoms with Gasteiger partial charge in [0, 0.05) is 6.42 Å². The maximum atomic E-state index is 11.5. The van der Waals surface area contributed by atoms with Gasteiger partial charge in [-0.2, -0.15) is 0 Å². The third-order valence-electron chi connectivity index (χ3n) is 4.24. The monoisotopic (exact) mass is 354 g/mol. The Kier molecular flexibility index (Phi) is 17.1. The summed E-state index contributed by atoms with van der Waals surface area (Å²) in [6.45, 7) is 1.63. The van der Waals surface area contributed by atoms with E-state index in [2.05, 4.69) is 25.2 Å². The third-order valence-corrected chi connectivity index (χ3v) is 4.24. The number of aliphatic hydroxyl groups excluding tert-OH is 3. The molecule has 0 heterocycles. The Hall–Kier alpha value is -0.970. The van der Waals surface area contributed by atoms with Gasteiger partial charge in [0.1, 0.15) is 12.2 Å². The van der Waals surface area contributed by atoms with E-state index >= 15 is 0 Å². The number of allylic oxidation sites excluding steroid dienone is 4. The van der Waals surface area contributed by atoms with Crippen LogP contribution in [-0.2, 0) is 4.79 Å². The van der Waals surface area contributed by atoms with Crippen LogP contribution in [0.2, 0.25) is 0 Å². The van der Waals surface area contributed by atoms with E-state index in [0.29, 0.717) is 6.42 Å². The summed E-state index contributed by atoms with van der Waals surface area (Å²) in [6.07, 6.45) is 18.8. The number of hydrogen-bond donors (Lipinski definition) is 3. The van der Waals surface area contributed by atoms with Crippen molar-refractivity contribution in [1.82, 2.24) is 0 Å². The normalized spacial score (nSPS) is 14.4. The lowest BCUT2D eigenvalue weighted by atomic mass is 10.1. The summed E-state index contributed by atoms with van der Waals surface area (Å²) in [6, 6.07) is 0. The minimum Gasteiger partial charge on any atom is -0.394 e. The highest BCUT2D eigenvalue weighted by Gasteiger charge is 2.22. The van der Waals surface area contributed by atoms with Crippen molar-refractivity contribution < 1.29 is 20.1 Å². The number of Topliss-reactive ketones (excluding diaryl/α,β-unsaturated/α-hetero) is 1. The Bertz CT molecular complexity index is 363. The van der Waals surface area contributed by atoms with Crippen LogP contribution in [-0.4, -0.2) is 39.9 Å². The Balaban J connectivity index is 3.42. The molecule has 0 saturated carbocycles. The SMILES string of the molecule is CCCCC/C=C/CCCCCC/C=C/CCC(=O)C(O)C(O)CO. The highest BCUT2D eigenvalue weighted by molar-refractivity contribution is 5.83. The number of carbonyl (C=O) groups is 1. The van der Waals surface area contributed by atoms with Crippen LogP contribution in [0.25, 0.3) is 0 Å². The van der Waals surface area contributed by atoms with Crippen molar-refractivity contribution in [3.63, 3.8) is 0 Å². The van der Waals surface area contributed by atoms with E-state index in [1.54, 1.807) is 0 Å². The van der Waals surface area contributed by atoms with Gasteiger partial charge in [0.25, 0.3) is 0 Å². The van der Waals surface area contributed by atoms with Crippen molar-refractivity contribution in [2.24, 2.45) is 0 Å². The van der Waals surface area contributed by atoms with Gasteiger partial charge in [-0.05, 0) is 44.9 Å². The van der Waals surface area contributed by atoms with E-state index in [9.17, 15) is 15.0 Å². The molecule has 0 aliphatic carbocycles. The zero-order valence-electron chi connectivity index (χ0n) is 15.9. The molecule has 0 aromatic heterocycles. The average Bonchev–Trinajstić information content (AvgIpc) is 2.63. The van der Waals surface area contributed by atoms with E-state index in [1.807, 2.05) is 6.08 Å². The fraction of sp³-hybridized carbons (Fsp3) is 0.762. The number of rotatable bonds is 17. The summed E-state index contributed by atoms with van der Waals surface area (Å²) in [4.78, 5) is 11.5. The maximum absolute atomic E-state index is 11.5. The lowest BCUT2D eigenvalue weighted by Gasteiger charge is -2.13. The molecule has 3 N–H and O–H groups in total. The van der Waals surface area contributed by atoms with E-state index in [0.717, 1.165) is 12.8 Å². The van der Waals surface area contributed by atoms with Gasteiger partial charge < -0.3 is 15.3 Å². The Morgan fingerprint density at radius 2 is 1.28 bits per heavy atom. The van der Waals surface area contributed by atoms with Crippen molar-refractivity contribution in [3.05, 3.63) is 24.3 Å². The first kappa shape index (κ1) is 24.0. The van der Waals surface area contributed by atoms with Gasteiger partial charge in [-0.1, -0.05) is 56.9 Å². The molecule has 0 radical (unpaired) electrons. The zero-order valence-corrected chi connectivity index (χ0v) is 15.9. The molecule has 0 fully saturated rings. The molecule has 0 aliphatic heterocycles. The van der Waals surface area contributed by atoms with Crippen molar-refractivity contribution in [2.45, 2.75) is 96.2 Å². The van der Waals surface area contributed by atoms with Crippen molar-refractivity contribution >= 4 is 5.78 Å². The van der Waals surface area contributed by atoms with Gasteiger partial charge in [0.05, 0.1) is 6.61 Å². The summed E-state index contributed by atoms with van der Waals surface area (Å²) in [5.41, 5.74) is 0. The van der Waals surface area contributed by atoms with Crippen LogP contribution in [0.5, 0.6) is 0 Å². The number of ketones is 1.